The van der Waals surface area contributed by atoms with Gasteiger partial charge in [0.25, 0.3) is 0 Å². The minimum absolute atomic E-state index is 0.00165. The van der Waals surface area contributed by atoms with Gasteiger partial charge in [-0.05, 0) is 73.6 Å². The molecule has 1 aromatic rings. The van der Waals surface area contributed by atoms with Gasteiger partial charge in [-0.2, -0.15) is 0 Å². The third kappa shape index (κ3) is 4.15. The zero-order valence-electron chi connectivity index (χ0n) is 19.3. The molecule has 3 fully saturated rings. The molecule has 6 nitrogen and oxygen atoms in total. The van der Waals surface area contributed by atoms with Gasteiger partial charge in [-0.25, -0.2) is 9.59 Å². The van der Waals surface area contributed by atoms with E-state index in [0.717, 1.165) is 31.2 Å². The van der Waals surface area contributed by atoms with E-state index in [-0.39, 0.29) is 35.5 Å². The van der Waals surface area contributed by atoms with Crippen molar-refractivity contribution in [3.8, 4) is 11.5 Å². The molecule has 0 bridgehead atoms. The lowest BCUT2D eigenvalue weighted by molar-refractivity contribution is -0.142. The number of methoxy groups -OCH3 is 2. The fraction of sp³-hybridized carbons (Fsp3) is 0.538. The third-order valence-corrected chi connectivity index (χ3v) is 7.66. The number of fused-ring (bicyclic) bond motifs is 2. The average Bonchev–Trinajstić information content (AvgIpc) is 3.25. The van der Waals surface area contributed by atoms with Crippen LogP contribution in [0.1, 0.15) is 45.1 Å². The lowest BCUT2D eigenvalue weighted by Gasteiger charge is -2.27. The summed E-state index contributed by atoms with van der Waals surface area (Å²) in [5.41, 5.74) is 1.70. The van der Waals surface area contributed by atoms with E-state index in [1.165, 1.54) is 6.08 Å². The van der Waals surface area contributed by atoms with Crippen LogP contribution in [0, 0.1) is 23.2 Å². The third-order valence-electron chi connectivity index (χ3n) is 7.66. The van der Waals surface area contributed by atoms with E-state index in [9.17, 15) is 9.59 Å². The fourth-order valence-electron chi connectivity index (χ4n) is 5.72. The number of ether oxygens (including phenoxy) is 4. The number of carbonyl (C=O) groups is 2. The fourth-order valence-corrected chi connectivity index (χ4v) is 5.72. The van der Waals surface area contributed by atoms with Gasteiger partial charge in [-0.1, -0.05) is 19.6 Å². The van der Waals surface area contributed by atoms with Crippen molar-refractivity contribution in [1.29, 1.82) is 0 Å². The average molecular weight is 441 g/mol. The van der Waals surface area contributed by atoms with Gasteiger partial charge in [0, 0.05) is 17.6 Å². The van der Waals surface area contributed by atoms with E-state index in [1.807, 2.05) is 19.1 Å². The molecule has 32 heavy (non-hydrogen) atoms. The highest BCUT2D eigenvalue weighted by molar-refractivity contribution is 5.91. The molecule has 0 amide bonds. The highest BCUT2D eigenvalue weighted by atomic mass is 16.6. The Morgan fingerprint density at radius 3 is 2.78 bits per heavy atom. The SMILES string of the molecule is C=C1C(=O)O[C@@H]2C[C@]3(C)C(CCC(C)OC(=O)/C=C/c4ccc(OC)c(OC)c4)[C@@H]3C[C@H]12. The molecule has 1 aromatic carbocycles. The maximum atomic E-state index is 12.3. The van der Waals surface area contributed by atoms with Crippen LogP contribution in [0.3, 0.4) is 0 Å². The summed E-state index contributed by atoms with van der Waals surface area (Å²) in [4.78, 5) is 24.0. The molecule has 0 aromatic heterocycles. The number of rotatable bonds is 8. The Labute approximate surface area is 189 Å². The number of benzene rings is 1. The number of esters is 2. The van der Waals surface area contributed by atoms with Gasteiger partial charge in [0.1, 0.15) is 6.10 Å². The minimum atomic E-state index is -0.357. The Morgan fingerprint density at radius 1 is 1.31 bits per heavy atom. The maximum Gasteiger partial charge on any atom is 0.334 e. The van der Waals surface area contributed by atoms with Crippen LogP contribution in [-0.4, -0.2) is 38.4 Å². The molecule has 1 heterocycles. The molecule has 172 valence electrons. The van der Waals surface area contributed by atoms with Gasteiger partial charge in [0.15, 0.2) is 11.5 Å². The molecule has 1 aliphatic heterocycles. The summed E-state index contributed by atoms with van der Waals surface area (Å²) < 4.78 is 21.6. The number of hydrogen-bond donors (Lipinski definition) is 0. The standard InChI is InChI=1S/C26H32O6/c1-15(31-24(27)11-8-17-7-10-21(29-4)22(12-17)30-5)6-9-19-20-13-18-16(2)25(28)32-23(18)14-26(19,20)3/h7-8,10-12,15,18-20,23H,2,6,9,13-14H2,1,3-5H3/b11-8+/t15?,18-,19?,20+,23-,26-/m1/s1. The summed E-state index contributed by atoms with van der Waals surface area (Å²) in [6.07, 6.45) is 6.72. The molecule has 1 saturated heterocycles. The molecule has 0 spiro atoms. The second kappa shape index (κ2) is 8.64. The molecule has 4 rings (SSSR count). The van der Waals surface area contributed by atoms with Crippen LogP contribution in [0.5, 0.6) is 11.5 Å². The molecular weight excluding hydrogens is 408 g/mol. The van der Waals surface area contributed by atoms with Gasteiger partial charge in [0.2, 0.25) is 0 Å². The lowest BCUT2D eigenvalue weighted by Crippen LogP contribution is -2.26. The number of carbonyl (C=O) groups excluding carboxylic acids is 2. The van der Waals surface area contributed by atoms with E-state index < -0.39 is 0 Å². The van der Waals surface area contributed by atoms with Gasteiger partial charge in [0.05, 0.1) is 20.3 Å². The number of hydrogen-bond acceptors (Lipinski definition) is 6. The van der Waals surface area contributed by atoms with Gasteiger partial charge < -0.3 is 18.9 Å². The molecule has 2 saturated carbocycles. The van der Waals surface area contributed by atoms with Crippen LogP contribution in [-0.2, 0) is 19.1 Å². The van der Waals surface area contributed by atoms with E-state index in [4.69, 9.17) is 18.9 Å². The van der Waals surface area contributed by atoms with Crippen molar-refractivity contribution in [1.82, 2.24) is 0 Å². The summed E-state index contributed by atoms with van der Waals surface area (Å²) in [6.45, 7) is 8.17. The largest absolute Gasteiger partial charge is 0.493 e. The van der Waals surface area contributed by atoms with Crippen molar-refractivity contribution in [2.45, 2.75) is 51.7 Å². The second-order valence-corrected chi connectivity index (χ2v) is 9.51. The molecule has 0 radical (unpaired) electrons. The molecule has 6 heteroatoms. The summed E-state index contributed by atoms with van der Waals surface area (Å²) in [5, 5.41) is 0. The van der Waals surface area contributed by atoms with Crippen LogP contribution in [0.25, 0.3) is 6.08 Å². The topological polar surface area (TPSA) is 71.1 Å². The normalized spacial score (nSPS) is 31.5. The van der Waals surface area contributed by atoms with E-state index in [2.05, 4.69) is 13.5 Å². The van der Waals surface area contributed by atoms with Crippen molar-refractivity contribution < 1.29 is 28.5 Å². The van der Waals surface area contributed by atoms with Crippen molar-refractivity contribution >= 4 is 18.0 Å². The molecule has 2 unspecified atom stereocenters. The Balaban J connectivity index is 1.25. The maximum absolute atomic E-state index is 12.3. The van der Waals surface area contributed by atoms with Crippen LogP contribution >= 0.6 is 0 Å². The van der Waals surface area contributed by atoms with Gasteiger partial charge in [-0.15, -0.1) is 0 Å². The Kier molecular flexibility index (Phi) is 6.06. The molecular formula is C26H32O6. The van der Waals surface area contributed by atoms with E-state index >= 15 is 0 Å². The minimum Gasteiger partial charge on any atom is -0.493 e. The summed E-state index contributed by atoms with van der Waals surface area (Å²) in [5.74, 6) is 2.04. The molecule has 6 atom stereocenters. The quantitative estimate of drug-likeness (QED) is 0.436. The van der Waals surface area contributed by atoms with Crippen molar-refractivity contribution in [3.63, 3.8) is 0 Å². The predicted octanol–water partition coefficient (Wildman–Crippen LogP) is 4.57. The zero-order valence-corrected chi connectivity index (χ0v) is 19.3. The van der Waals surface area contributed by atoms with Crippen LogP contribution in [0.15, 0.2) is 36.4 Å². The predicted molar refractivity (Wildman–Crippen MR) is 120 cm³/mol. The van der Waals surface area contributed by atoms with E-state index in [1.54, 1.807) is 26.4 Å². The summed E-state index contributed by atoms with van der Waals surface area (Å²) in [6, 6.07) is 5.46. The van der Waals surface area contributed by atoms with Crippen LogP contribution < -0.4 is 9.47 Å². The monoisotopic (exact) mass is 440 g/mol. The summed E-state index contributed by atoms with van der Waals surface area (Å²) in [7, 11) is 3.16. The zero-order chi connectivity index (χ0) is 23.0. The molecule has 2 aliphatic carbocycles. The van der Waals surface area contributed by atoms with Gasteiger partial charge in [-0.3, -0.25) is 0 Å². The van der Waals surface area contributed by atoms with Crippen LogP contribution in [0.4, 0.5) is 0 Å². The molecule has 0 N–H and O–H groups in total. The molecule has 3 aliphatic rings. The first-order chi connectivity index (χ1) is 15.3. The van der Waals surface area contributed by atoms with Crippen molar-refractivity contribution in [3.05, 3.63) is 42.0 Å². The highest BCUT2D eigenvalue weighted by Gasteiger charge is 2.66. The lowest BCUT2D eigenvalue weighted by atomic mass is 9.79. The first kappa shape index (κ1) is 22.4. The first-order valence-corrected chi connectivity index (χ1v) is 11.3. The van der Waals surface area contributed by atoms with Crippen LogP contribution in [0.2, 0.25) is 0 Å². The Hall–Kier alpha value is -2.76. The van der Waals surface area contributed by atoms with Crippen molar-refractivity contribution in [2.24, 2.45) is 23.2 Å². The highest BCUT2D eigenvalue weighted by Crippen LogP contribution is 2.70. The Bertz CT molecular complexity index is 950. The van der Waals surface area contributed by atoms with Crippen molar-refractivity contribution in [2.75, 3.05) is 14.2 Å². The first-order valence-electron chi connectivity index (χ1n) is 11.3. The smallest absolute Gasteiger partial charge is 0.334 e. The summed E-state index contributed by atoms with van der Waals surface area (Å²) >= 11 is 0. The second-order valence-electron chi connectivity index (χ2n) is 9.51. The van der Waals surface area contributed by atoms with E-state index in [0.29, 0.717) is 28.9 Å². The Morgan fingerprint density at radius 2 is 2.06 bits per heavy atom. The van der Waals surface area contributed by atoms with Gasteiger partial charge >= 0.3 is 11.9 Å².